The van der Waals surface area contributed by atoms with E-state index in [1.807, 2.05) is 24.3 Å². The average Bonchev–Trinajstić information content (AvgIpc) is 2.70. The molecular formula is C24H21ClO2. The van der Waals surface area contributed by atoms with Gasteiger partial charge in [0.15, 0.2) is 0 Å². The molecule has 0 spiro atoms. The van der Waals surface area contributed by atoms with E-state index >= 15 is 0 Å². The summed E-state index contributed by atoms with van der Waals surface area (Å²) in [4.78, 5) is 12.6. The number of alkyl halides is 1. The Labute approximate surface area is 164 Å². The maximum absolute atomic E-state index is 12.6. The van der Waals surface area contributed by atoms with Crippen LogP contribution in [-0.4, -0.2) is 11.8 Å². The first-order valence-corrected chi connectivity index (χ1v) is 9.45. The Kier molecular flexibility index (Phi) is 6.49. The lowest BCUT2D eigenvalue weighted by Crippen LogP contribution is -2.07. The summed E-state index contributed by atoms with van der Waals surface area (Å²) in [5.74, 6) is 0.114. The summed E-state index contributed by atoms with van der Waals surface area (Å²) in [6.07, 6.45) is 4.50. The minimum absolute atomic E-state index is 0.207. The molecule has 136 valence electrons. The summed E-state index contributed by atoms with van der Waals surface area (Å²) < 4.78 is 5.65. The van der Waals surface area contributed by atoms with Crippen LogP contribution in [0.5, 0.6) is 0 Å². The van der Waals surface area contributed by atoms with Crippen molar-refractivity contribution < 1.29 is 9.53 Å². The van der Waals surface area contributed by atoms with Crippen LogP contribution in [0.15, 0.2) is 84.6 Å². The van der Waals surface area contributed by atoms with Crippen LogP contribution in [0, 0.1) is 0 Å². The van der Waals surface area contributed by atoms with Gasteiger partial charge in [-0.25, -0.2) is 4.79 Å². The molecule has 0 aliphatic rings. The van der Waals surface area contributed by atoms with E-state index in [9.17, 15) is 4.79 Å². The highest BCUT2D eigenvalue weighted by Crippen LogP contribution is 2.29. The number of rotatable bonds is 7. The van der Waals surface area contributed by atoms with Crippen LogP contribution in [0.4, 0.5) is 0 Å². The lowest BCUT2D eigenvalue weighted by atomic mass is 9.97. The second kappa shape index (κ2) is 9.23. The number of hydrogen-bond acceptors (Lipinski definition) is 2. The molecule has 0 saturated carbocycles. The highest BCUT2D eigenvalue weighted by atomic mass is 35.5. The summed E-state index contributed by atoms with van der Waals surface area (Å²) in [6.45, 7) is 3.91. The van der Waals surface area contributed by atoms with Gasteiger partial charge in [0, 0.05) is 17.9 Å². The van der Waals surface area contributed by atoms with Crippen molar-refractivity contribution in [2.24, 2.45) is 0 Å². The Morgan fingerprint density at radius 1 is 1.07 bits per heavy atom. The third-order valence-electron chi connectivity index (χ3n) is 4.36. The second-order valence-electron chi connectivity index (χ2n) is 6.17. The van der Waals surface area contributed by atoms with Gasteiger partial charge >= 0.3 is 5.97 Å². The molecule has 0 aromatic heterocycles. The Morgan fingerprint density at radius 2 is 1.70 bits per heavy atom. The van der Waals surface area contributed by atoms with Crippen LogP contribution >= 0.6 is 11.6 Å². The van der Waals surface area contributed by atoms with E-state index in [1.165, 1.54) is 0 Å². The van der Waals surface area contributed by atoms with Crippen molar-refractivity contribution in [3.63, 3.8) is 0 Å². The van der Waals surface area contributed by atoms with Gasteiger partial charge in [-0.15, -0.1) is 23.9 Å². The minimum Gasteiger partial charge on any atom is -0.457 e. The van der Waals surface area contributed by atoms with Crippen LogP contribution in [0.2, 0.25) is 0 Å². The summed E-state index contributed by atoms with van der Waals surface area (Å²) in [6, 6.07) is 18.5. The first-order chi connectivity index (χ1) is 13.2. The van der Waals surface area contributed by atoms with Crippen LogP contribution in [0.25, 0.3) is 21.5 Å². The summed E-state index contributed by atoms with van der Waals surface area (Å²) in [7, 11) is 0. The lowest BCUT2D eigenvalue weighted by Gasteiger charge is -2.12. The molecule has 0 aliphatic heterocycles. The van der Waals surface area contributed by atoms with E-state index in [2.05, 4.69) is 42.6 Å². The number of halogens is 1. The molecule has 0 heterocycles. The van der Waals surface area contributed by atoms with Gasteiger partial charge in [-0.3, -0.25) is 0 Å². The van der Waals surface area contributed by atoms with Gasteiger partial charge in [-0.2, -0.15) is 0 Å². The SMILES string of the molecule is C=CCC(=C=CCCCl)C(=O)OCc1c2ccccc2cc2ccccc12. The predicted octanol–water partition coefficient (Wildman–Crippen LogP) is 6.32. The Hall–Kier alpha value is -2.80. The first kappa shape index (κ1) is 19.0. The quantitative estimate of drug-likeness (QED) is 0.120. The molecule has 3 aromatic rings. The van der Waals surface area contributed by atoms with E-state index < -0.39 is 0 Å². The molecule has 3 aromatic carbocycles. The number of carbonyl (C=O) groups is 1. The smallest absolute Gasteiger partial charge is 0.342 e. The van der Waals surface area contributed by atoms with E-state index in [-0.39, 0.29) is 12.6 Å². The molecule has 0 radical (unpaired) electrons. The average molecular weight is 377 g/mol. The summed E-state index contributed by atoms with van der Waals surface area (Å²) in [5, 5.41) is 4.45. The van der Waals surface area contributed by atoms with Crippen LogP contribution in [0.1, 0.15) is 18.4 Å². The molecule has 3 rings (SSSR count). The standard InChI is InChI=1S/C24H21ClO2/c1-2-9-18(10-7-8-15-25)24(26)27-17-23-21-13-5-3-11-19(21)16-20-12-4-6-14-22(20)23/h2-7,11-14,16H,1,8-9,15,17H2. The van der Waals surface area contributed by atoms with Crippen molar-refractivity contribution in [2.75, 3.05) is 5.88 Å². The second-order valence-corrected chi connectivity index (χ2v) is 6.55. The molecule has 0 unspecified atom stereocenters. The van der Waals surface area contributed by atoms with Gasteiger partial charge in [0.25, 0.3) is 0 Å². The number of allylic oxidation sites excluding steroid dienone is 1. The van der Waals surface area contributed by atoms with Gasteiger partial charge in [0.1, 0.15) is 6.61 Å². The van der Waals surface area contributed by atoms with Crippen molar-refractivity contribution in [1.29, 1.82) is 0 Å². The van der Waals surface area contributed by atoms with Gasteiger partial charge in [-0.1, -0.05) is 54.6 Å². The molecule has 0 N–H and O–H groups in total. The van der Waals surface area contributed by atoms with E-state index in [0.29, 0.717) is 24.3 Å². The van der Waals surface area contributed by atoms with Crippen molar-refractivity contribution in [3.05, 3.63) is 90.2 Å². The number of ether oxygens (including phenoxy) is 1. The molecular weight excluding hydrogens is 356 g/mol. The Balaban J connectivity index is 1.94. The van der Waals surface area contributed by atoms with E-state index in [4.69, 9.17) is 16.3 Å². The van der Waals surface area contributed by atoms with Gasteiger partial charge < -0.3 is 4.74 Å². The first-order valence-electron chi connectivity index (χ1n) is 8.92. The zero-order chi connectivity index (χ0) is 19.1. The molecule has 0 amide bonds. The van der Waals surface area contributed by atoms with Crippen LogP contribution in [0.3, 0.4) is 0 Å². The lowest BCUT2D eigenvalue weighted by molar-refractivity contribution is -0.140. The van der Waals surface area contributed by atoms with Gasteiger partial charge in [0.05, 0.1) is 5.57 Å². The monoisotopic (exact) mass is 376 g/mol. The zero-order valence-electron chi connectivity index (χ0n) is 15.1. The van der Waals surface area contributed by atoms with Gasteiger partial charge in [-0.05, 0) is 40.1 Å². The fraction of sp³-hybridized carbons (Fsp3) is 0.167. The van der Waals surface area contributed by atoms with Crippen LogP contribution in [-0.2, 0) is 16.1 Å². The summed E-state index contributed by atoms with van der Waals surface area (Å²) >= 11 is 5.68. The fourth-order valence-corrected chi connectivity index (χ4v) is 3.19. The van der Waals surface area contributed by atoms with Crippen molar-refractivity contribution >= 4 is 39.1 Å². The van der Waals surface area contributed by atoms with E-state index in [1.54, 1.807) is 12.2 Å². The fourth-order valence-electron chi connectivity index (χ4n) is 3.08. The molecule has 0 saturated heterocycles. The van der Waals surface area contributed by atoms with Crippen LogP contribution < -0.4 is 0 Å². The number of fused-ring (bicyclic) bond motifs is 2. The molecule has 0 bridgehead atoms. The number of benzene rings is 3. The third-order valence-corrected chi connectivity index (χ3v) is 4.57. The number of hydrogen-bond donors (Lipinski definition) is 0. The molecule has 3 heteroatoms. The number of carbonyl (C=O) groups excluding carboxylic acids is 1. The third kappa shape index (κ3) is 4.49. The van der Waals surface area contributed by atoms with E-state index in [0.717, 1.165) is 27.1 Å². The molecule has 0 atom stereocenters. The zero-order valence-corrected chi connectivity index (χ0v) is 15.8. The topological polar surface area (TPSA) is 26.3 Å². The maximum Gasteiger partial charge on any atom is 0.342 e. The molecule has 27 heavy (non-hydrogen) atoms. The molecule has 2 nitrogen and oxygen atoms in total. The largest absolute Gasteiger partial charge is 0.457 e. The number of esters is 1. The molecule has 0 aliphatic carbocycles. The Bertz CT molecular complexity index is 989. The van der Waals surface area contributed by atoms with Gasteiger partial charge in [0.2, 0.25) is 0 Å². The normalized spacial score (nSPS) is 10.4. The van der Waals surface area contributed by atoms with Crippen molar-refractivity contribution in [3.8, 4) is 0 Å². The Morgan fingerprint density at radius 3 is 2.30 bits per heavy atom. The molecule has 0 fully saturated rings. The minimum atomic E-state index is -0.377. The highest BCUT2D eigenvalue weighted by Gasteiger charge is 2.13. The highest BCUT2D eigenvalue weighted by molar-refractivity contribution is 6.17. The predicted molar refractivity (Wildman–Crippen MR) is 113 cm³/mol. The van der Waals surface area contributed by atoms with Crippen molar-refractivity contribution in [2.45, 2.75) is 19.4 Å². The summed E-state index contributed by atoms with van der Waals surface area (Å²) in [5.41, 5.74) is 4.47. The van der Waals surface area contributed by atoms with Crippen molar-refractivity contribution in [1.82, 2.24) is 0 Å². The maximum atomic E-state index is 12.6.